The third-order valence-electron chi connectivity index (χ3n) is 3.52. The van der Waals surface area contributed by atoms with Gasteiger partial charge in [0.15, 0.2) is 0 Å². The number of fused-ring (bicyclic) bond motifs is 3. The number of hydrogen-bond acceptors (Lipinski definition) is 2. The Morgan fingerprint density at radius 1 is 1.11 bits per heavy atom. The van der Waals surface area contributed by atoms with E-state index in [9.17, 15) is 5.11 Å². The molecule has 4 N–H and O–H groups in total. The Hall–Kier alpha value is -1.84. The molecule has 0 aliphatic rings. The fourth-order valence-electron chi connectivity index (χ4n) is 2.43. The molecule has 1 atom stereocenters. The van der Waals surface area contributed by atoms with Gasteiger partial charge in [0.25, 0.3) is 0 Å². The maximum atomic E-state index is 10.4. The summed E-state index contributed by atoms with van der Waals surface area (Å²) in [4.78, 5) is 3.37. The van der Waals surface area contributed by atoms with Crippen molar-refractivity contribution in [2.45, 2.75) is 12.5 Å². The van der Waals surface area contributed by atoms with Crippen molar-refractivity contribution < 1.29 is 5.11 Å². The van der Waals surface area contributed by atoms with Crippen molar-refractivity contribution in [1.82, 2.24) is 4.98 Å². The second-order valence-electron chi connectivity index (χ2n) is 4.88. The summed E-state index contributed by atoms with van der Waals surface area (Å²) in [6.07, 6.45) is 0. The van der Waals surface area contributed by atoms with Crippen LogP contribution in [0.2, 0.25) is 0 Å². The number of aromatic nitrogens is 1. The lowest BCUT2D eigenvalue weighted by molar-refractivity contribution is 0.0682. The van der Waals surface area contributed by atoms with E-state index in [-0.39, 0.29) is 6.54 Å². The third-order valence-corrected chi connectivity index (χ3v) is 3.52. The number of hydrogen-bond donors (Lipinski definition) is 3. The van der Waals surface area contributed by atoms with Gasteiger partial charge in [-0.05, 0) is 13.0 Å². The largest absolute Gasteiger partial charge is 0.384 e. The lowest BCUT2D eigenvalue weighted by Crippen LogP contribution is -2.31. The van der Waals surface area contributed by atoms with Crippen LogP contribution in [0.15, 0.2) is 42.5 Å². The molecule has 92 valence electrons. The molecule has 0 bridgehead atoms. The van der Waals surface area contributed by atoms with Crippen molar-refractivity contribution in [3.8, 4) is 0 Å². The van der Waals surface area contributed by atoms with Gasteiger partial charge in [0.2, 0.25) is 0 Å². The first-order valence-corrected chi connectivity index (χ1v) is 6.06. The molecule has 0 fully saturated rings. The van der Waals surface area contributed by atoms with Crippen molar-refractivity contribution in [3.05, 3.63) is 48.0 Å². The van der Waals surface area contributed by atoms with Crippen molar-refractivity contribution in [2.75, 3.05) is 6.54 Å². The number of nitrogens with one attached hydrogen (secondary N) is 1. The Morgan fingerprint density at radius 3 is 2.61 bits per heavy atom. The Labute approximate surface area is 105 Å². The van der Waals surface area contributed by atoms with E-state index in [2.05, 4.69) is 17.1 Å². The van der Waals surface area contributed by atoms with Crippen molar-refractivity contribution in [3.63, 3.8) is 0 Å². The predicted octanol–water partition coefficient (Wildman–Crippen LogP) is 2.49. The maximum Gasteiger partial charge on any atom is 0.101 e. The van der Waals surface area contributed by atoms with E-state index in [1.807, 2.05) is 30.3 Å². The minimum absolute atomic E-state index is 0.196. The molecule has 0 amide bonds. The van der Waals surface area contributed by atoms with Gasteiger partial charge in [-0.15, -0.1) is 0 Å². The van der Waals surface area contributed by atoms with Crippen LogP contribution >= 0.6 is 0 Å². The van der Waals surface area contributed by atoms with E-state index in [1.165, 1.54) is 5.39 Å². The zero-order valence-corrected chi connectivity index (χ0v) is 10.3. The average molecular weight is 240 g/mol. The zero-order chi connectivity index (χ0) is 12.8. The Balaban J connectivity index is 2.41. The topological polar surface area (TPSA) is 62.0 Å². The standard InChI is InChI=1S/C15H16N2O/c1-15(18,9-16)12-7-4-6-11-10-5-2-3-8-13(10)17-14(11)12/h2-8,17-18H,9,16H2,1H3. The van der Waals surface area contributed by atoms with Gasteiger partial charge in [0.05, 0.1) is 5.52 Å². The molecule has 0 aliphatic carbocycles. The highest BCUT2D eigenvalue weighted by atomic mass is 16.3. The Bertz CT molecular complexity index is 713. The van der Waals surface area contributed by atoms with Crippen molar-refractivity contribution in [1.29, 1.82) is 0 Å². The normalized spacial score (nSPS) is 15.1. The van der Waals surface area contributed by atoms with Crippen LogP contribution in [-0.2, 0) is 5.60 Å². The van der Waals surface area contributed by atoms with Crippen LogP contribution in [0.5, 0.6) is 0 Å². The number of benzene rings is 2. The van der Waals surface area contributed by atoms with Crippen LogP contribution in [0.3, 0.4) is 0 Å². The van der Waals surface area contributed by atoms with Crippen LogP contribution in [0.25, 0.3) is 21.8 Å². The predicted molar refractivity (Wildman–Crippen MR) is 74.4 cm³/mol. The van der Waals surface area contributed by atoms with Crippen LogP contribution in [-0.4, -0.2) is 16.6 Å². The summed E-state index contributed by atoms with van der Waals surface area (Å²) in [5.41, 5.74) is 7.54. The molecule has 0 aliphatic heterocycles. The van der Waals surface area contributed by atoms with Crippen molar-refractivity contribution >= 4 is 21.8 Å². The summed E-state index contributed by atoms with van der Waals surface area (Å²) >= 11 is 0. The highest BCUT2D eigenvalue weighted by Gasteiger charge is 2.24. The number of aromatic amines is 1. The molecule has 2 aromatic carbocycles. The molecule has 1 aromatic heterocycles. The number of aliphatic hydroxyl groups is 1. The molecular weight excluding hydrogens is 224 g/mol. The summed E-state index contributed by atoms with van der Waals surface area (Å²) < 4.78 is 0. The highest BCUT2D eigenvalue weighted by Crippen LogP contribution is 2.32. The molecule has 18 heavy (non-hydrogen) atoms. The number of H-pyrrole nitrogens is 1. The first kappa shape index (κ1) is 11.3. The van der Waals surface area contributed by atoms with Gasteiger partial charge in [0.1, 0.15) is 5.60 Å². The third kappa shape index (κ3) is 1.52. The smallest absolute Gasteiger partial charge is 0.101 e. The average Bonchev–Trinajstić information content (AvgIpc) is 2.77. The number of rotatable bonds is 2. The quantitative estimate of drug-likeness (QED) is 0.644. The molecule has 0 saturated carbocycles. The van der Waals surface area contributed by atoms with Gasteiger partial charge in [0, 0.05) is 28.4 Å². The number of para-hydroxylation sites is 2. The van der Waals surface area contributed by atoms with E-state index >= 15 is 0 Å². The molecular formula is C15H16N2O. The lowest BCUT2D eigenvalue weighted by Gasteiger charge is -2.22. The van der Waals surface area contributed by atoms with E-state index in [0.29, 0.717) is 0 Å². The van der Waals surface area contributed by atoms with Crippen LogP contribution in [0.1, 0.15) is 12.5 Å². The molecule has 3 aromatic rings. The second-order valence-corrected chi connectivity index (χ2v) is 4.88. The summed E-state index contributed by atoms with van der Waals surface area (Å²) in [5.74, 6) is 0. The first-order valence-electron chi connectivity index (χ1n) is 6.06. The van der Waals surface area contributed by atoms with Gasteiger partial charge in [-0.2, -0.15) is 0 Å². The van der Waals surface area contributed by atoms with E-state index < -0.39 is 5.60 Å². The van der Waals surface area contributed by atoms with Crippen LogP contribution < -0.4 is 5.73 Å². The summed E-state index contributed by atoms with van der Waals surface area (Å²) in [6.45, 7) is 1.94. The first-order chi connectivity index (χ1) is 8.63. The van der Waals surface area contributed by atoms with Gasteiger partial charge in [-0.3, -0.25) is 0 Å². The molecule has 0 radical (unpaired) electrons. The molecule has 1 heterocycles. The molecule has 1 unspecified atom stereocenters. The second kappa shape index (κ2) is 3.83. The molecule has 3 heteroatoms. The summed E-state index contributed by atoms with van der Waals surface area (Å²) in [6, 6.07) is 14.1. The van der Waals surface area contributed by atoms with Crippen LogP contribution in [0.4, 0.5) is 0 Å². The fraction of sp³-hybridized carbons (Fsp3) is 0.200. The van der Waals surface area contributed by atoms with E-state index in [4.69, 9.17) is 5.73 Å². The zero-order valence-electron chi connectivity index (χ0n) is 10.3. The number of nitrogens with two attached hydrogens (primary N) is 1. The van der Waals surface area contributed by atoms with Gasteiger partial charge in [-0.25, -0.2) is 0 Å². The SMILES string of the molecule is CC(O)(CN)c1cccc2c1[nH]c1ccccc12. The molecule has 0 saturated heterocycles. The molecule has 0 spiro atoms. The molecule has 3 rings (SSSR count). The Morgan fingerprint density at radius 2 is 1.83 bits per heavy atom. The van der Waals surface area contributed by atoms with Crippen molar-refractivity contribution in [2.24, 2.45) is 5.73 Å². The lowest BCUT2D eigenvalue weighted by atomic mass is 9.94. The minimum Gasteiger partial charge on any atom is -0.384 e. The van der Waals surface area contributed by atoms with Gasteiger partial charge < -0.3 is 15.8 Å². The fourth-order valence-corrected chi connectivity index (χ4v) is 2.43. The summed E-state index contributed by atoms with van der Waals surface area (Å²) in [5, 5.41) is 12.7. The van der Waals surface area contributed by atoms with Gasteiger partial charge >= 0.3 is 0 Å². The van der Waals surface area contributed by atoms with Gasteiger partial charge in [-0.1, -0.05) is 36.4 Å². The van der Waals surface area contributed by atoms with Crippen LogP contribution in [0, 0.1) is 0 Å². The molecule has 3 nitrogen and oxygen atoms in total. The van der Waals surface area contributed by atoms with E-state index in [0.717, 1.165) is 22.0 Å². The minimum atomic E-state index is -1.01. The summed E-state index contributed by atoms with van der Waals surface area (Å²) in [7, 11) is 0. The highest BCUT2D eigenvalue weighted by molar-refractivity contribution is 6.08. The maximum absolute atomic E-state index is 10.4. The Kier molecular flexibility index (Phi) is 2.40. The monoisotopic (exact) mass is 240 g/mol. The van der Waals surface area contributed by atoms with E-state index in [1.54, 1.807) is 6.92 Å².